The second-order valence-electron chi connectivity index (χ2n) is 17.4. The van der Waals surface area contributed by atoms with Gasteiger partial charge in [0.15, 0.2) is 17.5 Å². The Morgan fingerprint density at radius 3 is 2.13 bits per heavy atom. The van der Waals surface area contributed by atoms with Crippen LogP contribution < -0.4 is 10.1 Å². The van der Waals surface area contributed by atoms with E-state index in [4.69, 9.17) is 28.4 Å². The Hall–Kier alpha value is -4.96. The Morgan fingerprint density at radius 1 is 0.883 bits per heavy atom. The van der Waals surface area contributed by atoms with Gasteiger partial charge in [0.25, 0.3) is 0 Å². The number of hydrogen-bond donors (Lipinski definition) is 4. The van der Waals surface area contributed by atoms with Gasteiger partial charge in [-0.15, -0.1) is 0 Å². The number of nitrogens with one attached hydrogen (secondary N) is 1. The number of hydrogen-bond acceptors (Lipinski definition) is 14. The first kappa shape index (κ1) is 41.8. The first-order chi connectivity index (χ1) is 28.5. The van der Waals surface area contributed by atoms with Crippen molar-refractivity contribution in [1.82, 2.24) is 5.32 Å². The fourth-order valence-electron chi connectivity index (χ4n) is 10.6. The summed E-state index contributed by atoms with van der Waals surface area (Å²) >= 11 is 0. The maximum atomic E-state index is 15.1. The van der Waals surface area contributed by atoms with E-state index < -0.39 is 107 Å². The molecule has 3 aromatic rings. The summed E-state index contributed by atoms with van der Waals surface area (Å²) in [5.41, 5.74) is -5.51. The number of ether oxygens (including phenoxy) is 6. The van der Waals surface area contributed by atoms with E-state index in [9.17, 15) is 29.7 Å². The smallest absolute Gasteiger partial charge is 0.338 e. The van der Waals surface area contributed by atoms with E-state index in [2.05, 4.69) is 5.32 Å². The number of fused-ring (bicyclic) bond motifs is 5. The average molecular weight is 826 g/mol. The molecule has 0 amide bonds. The van der Waals surface area contributed by atoms with Gasteiger partial charge < -0.3 is 43.7 Å². The number of esters is 3. The third kappa shape index (κ3) is 6.38. The van der Waals surface area contributed by atoms with Crippen LogP contribution in [0.1, 0.15) is 81.2 Å². The van der Waals surface area contributed by atoms with Crippen LogP contribution in [-0.4, -0.2) is 101 Å². The van der Waals surface area contributed by atoms with E-state index >= 15 is 4.79 Å². The molecule has 14 nitrogen and oxygen atoms in total. The minimum atomic E-state index is -2.26. The van der Waals surface area contributed by atoms with Crippen molar-refractivity contribution in [3.05, 3.63) is 113 Å². The van der Waals surface area contributed by atoms with Crippen molar-refractivity contribution >= 4 is 23.7 Å². The molecule has 5 aliphatic rings. The molecule has 3 aliphatic carbocycles. The highest BCUT2D eigenvalue weighted by Gasteiger charge is 2.78. The summed E-state index contributed by atoms with van der Waals surface area (Å²) in [6.07, 6.45) is -9.85. The molecule has 2 unspecified atom stereocenters. The van der Waals surface area contributed by atoms with Gasteiger partial charge in [-0.2, -0.15) is 0 Å². The van der Waals surface area contributed by atoms with E-state index in [1.165, 1.54) is 26.0 Å². The number of aliphatic hydroxyl groups excluding tert-OH is 2. The standard InChI is InChI=1S/C46H51NO13/c1-24-30(57-42(53)36-34(26-13-9-7-10-14-26)47-40(58-36)27-17-19-29(55-6)20-18-27)22-46(54)39(59-41(52)28-15-11-8-12-16-28)37-44(5,38(51)35(50)33(24)43(46,3)4)31(49)21-32-45(37,23-56-32)60-25(2)48/h7-20,30-32,34-37,39-40,47,49-50,54H,21-23H2,1-6H3/t30-,31-,32+,34-,35+,36?,37-,39-,40?,44+,45-,46+/m0/s1. The van der Waals surface area contributed by atoms with Crippen molar-refractivity contribution in [1.29, 1.82) is 0 Å². The van der Waals surface area contributed by atoms with Crippen molar-refractivity contribution in [2.24, 2.45) is 16.7 Å². The Balaban J connectivity index is 1.24. The number of benzene rings is 3. The molecule has 0 aromatic heterocycles. The van der Waals surface area contributed by atoms with Gasteiger partial charge in [0.05, 0.1) is 42.8 Å². The lowest BCUT2D eigenvalue weighted by Gasteiger charge is -2.67. The van der Waals surface area contributed by atoms with Gasteiger partial charge in [0.2, 0.25) is 0 Å². The topological polar surface area (TPSA) is 196 Å². The van der Waals surface area contributed by atoms with Crippen LogP contribution in [0.3, 0.4) is 0 Å². The highest BCUT2D eigenvalue weighted by Crippen LogP contribution is 2.64. The van der Waals surface area contributed by atoms with Gasteiger partial charge in [-0.3, -0.25) is 14.9 Å². The van der Waals surface area contributed by atoms with Crippen LogP contribution in [0.15, 0.2) is 96.1 Å². The number of carbonyl (C=O) groups is 4. The van der Waals surface area contributed by atoms with Crippen LogP contribution in [0.4, 0.5) is 0 Å². The molecule has 2 saturated heterocycles. The molecule has 3 aromatic carbocycles. The summed E-state index contributed by atoms with van der Waals surface area (Å²) in [5.74, 6) is -4.05. The first-order valence-corrected chi connectivity index (χ1v) is 20.2. The van der Waals surface area contributed by atoms with Gasteiger partial charge in [0.1, 0.15) is 42.0 Å². The van der Waals surface area contributed by atoms with Gasteiger partial charge in [-0.1, -0.05) is 74.5 Å². The molecule has 12 atom stereocenters. The summed E-state index contributed by atoms with van der Waals surface area (Å²) in [6.45, 7) is 7.24. The lowest BCUT2D eigenvalue weighted by molar-refractivity contribution is -0.346. The number of ketones is 1. The zero-order chi connectivity index (χ0) is 42.9. The average Bonchev–Trinajstić information content (AvgIpc) is 3.69. The molecule has 8 rings (SSSR count). The molecular weight excluding hydrogens is 774 g/mol. The third-order valence-corrected chi connectivity index (χ3v) is 13.9. The van der Waals surface area contributed by atoms with Crippen molar-refractivity contribution in [3.8, 4) is 5.75 Å². The number of methoxy groups -OCH3 is 1. The van der Waals surface area contributed by atoms with Gasteiger partial charge in [0, 0.05) is 25.2 Å². The number of rotatable bonds is 8. The molecule has 0 spiro atoms. The lowest BCUT2D eigenvalue weighted by Crippen LogP contribution is -2.81. The summed E-state index contributed by atoms with van der Waals surface area (Å²) < 4.78 is 36.4. The Kier molecular flexibility index (Phi) is 10.6. The van der Waals surface area contributed by atoms with E-state index in [-0.39, 0.29) is 24.2 Å². The van der Waals surface area contributed by atoms with Gasteiger partial charge >= 0.3 is 17.9 Å². The zero-order valence-electron chi connectivity index (χ0n) is 34.3. The second-order valence-corrected chi connectivity index (χ2v) is 17.4. The molecule has 4 N–H and O–H groups in total. The van der Waals surface area contributed by atoms with Crippen LogP contribution >= 0.6 is 0 Å². The van der Waals surface area contributed by atoms with E-state index in [0.717, 1.165) is 11.1 Å². The Morgan fingerprint density at radius 2 is 1.53 bits per heavy atom. The molecule has 60 heavy (non-hydrogen) atoms. The van der Waals surface area contributed by atoms with Crippen LogP contribution in [0.2, 0.25) is 0 Å². The molecule has 2 heterocycles. The number of carbonyl (C=O) groups excluding carboxylic acids is 4. The van der Waals surface area contributed by atoms with Crippen molar-refractivity contribution in [2.45, 2.75) is 108 Å². The largest absolute Gasteiger partial charge is 0.497 e. The summed E-state index contributed by atoms with van der Waals surface area (Å²) in [5, 5.41) is 41.2. The second kappa shape index (κ2) is 15.2. The van der Waals surface area contributed by atoms with Crippen molar-refractivity contribution in [3.63, 3.8) is 0 Å². The van der Waals surface area contributed by atoms with Crippen molar-refractivity contribution in [2.75, 3.05) is 13.7 Å². The summed E-state index contributed by atoms with van der Waals surface area (Å²) in [4.78, 5) is 56.8. The predicted octanol–water partition coefficient (Wildman–Crippen LogP) is 4.07. The van der Waals surface area contributed by atoms with Gasteiger partial charge in [-0.25, -0.2) is 9.59 Å². The Labute approximate surface area is 347 Å². The maximum Gasteiger partial charge on any atom is 0.338 e. The highest BCUT2D eigenvalue weighted by molar-refractivity contribution is 5.94. The Bertz CT molecular complexity index is 2190. The monoisotopic (exact) mass is 825 g/mol. The van der Waals surface area contributed by atoms with Crippen LogP contribution in [-0.2, 0) is 38.1 Å². The van der Waals surface area contributed by atoms with Crippen molar-refractivity contribution < 1.29 is 62.9 Å². The fraction of sp³-hybridized carbons (Fsp3) is 0.478. The molecule has 2 bridgehead atoms. The minimum absolute atomic E-state index is 0.0430. The maximum absolute atomic E-state index is 15.1. The predicted molar refractivity (Wildman–Crippen MR) is 212 cm³/mol. The first-order valence-electron chi connectivity index (χ1n) is 20.2. The fourth-order valence-corrected chi connectivity index (χ4v) is 10.6. The SMILES string of the molecule is COc1ccc(C2N[C@@H](c3ccccc3)C(C(=O)O[C@H]3C[C@@]4(O)[C@@H](OC(=O)c5ccccc5)[C@@H]5[C@]6(OC(C)=O)CO[C@@H]6C[C@H](O)[C@@]5(C)C(=O)[C@H](O)C(=C3C)C4(C)C)O2)cc1. The molecule has 4 fully saturated rings. The lowest BCUT2D eigenvalue weighted by atomic mass is 9.44. The molecular formula is C46H51NO13. The van der Waals surface area contributed by atoms with Crippen LogP contribution in [0.5, 0.6) is 5.75 Å². The molecule has 14 heteroatoms. The quantitative estimate of drug-likeness (QED) is 0.144. The third-order valence-electron chi connectivity index (χ3n) is 13.9. The van der Waals surface area contributed by atoms with E-state index in [0.29, 0.717) is 11.3 Å². The highest BCUT2D eigenvalue weighted by atomic mass is 16.6. The normalized spacial score (nSPS) is 36.7. The zero-order valence-corrected chi connectivity index (χ0v) is 34.3. The number of aliphatic hydroxyl groups is 3. The van der Waals surface area contributed by atoms with Crippen LogP contribution in [0, 0.1) is 16.7 Å². The van der Waals surface area contributed by atoms with E-state index in [1.807, 2.05) is 42.5 Å². The van der Waals surface area contributed by atoms with Gasteiger partial charge in [-0.05, 0) is 60.4 Å². The molecule has 2 aliphatic heterocycles. The summed E-state index contributed by atoms with van der Waals surface area (Å²) in [7, 11) is 1.56. The molecule has 0 radical (unpaired) electrons. The van der Waals surface area contributed by atoms with E-state index in [1.54, 1.807) is 58.2 Å². The molecule has 2 saturated carbocycles. The summed E-state index contributed by atoms with van der Waals surface area (Å²) in [6, 6.07) is 23.8. The van der Waals surface area contributed by atoms with Crippen LogP contribution in [0.25, 0.3) is 0 Å². The minimum Gasteiger partial charge on any atom is -0.497 e. The number of Topliss-reactive ketones (excluding diaryl/α,β-unsaturated/α-hetero) is 1. The molecule has 318 valence electrons.